The molecule has 2 heterocycles. The van der Waals surface area contributed by atoms with Crippen molar-refractivity contribution in [3.8, 4) is 0 Å². The Balaban J connectivity index is 1.38. The van der Waals surface area contributed by atoms with Crippen LogP contribution in [0.2, 0.25) is 0 Å². The van der Waals surface area contributed by atoms with E-state index in [2.05, 4.69) is 11.9 Å². The summed E-state index contributed by atoms with van der Waals surface area (Å²) in [4.78, 5) is 37.5. The molecule has 286 valence electrons. The molecule has 1 aliphatic heterocycles. The number of carbonyl (C=O) groups is 2. The van der Waals surface area contributed by atoms with Crippen molar-refractivity contribution < 1.29 is 35.9 Å². The molecule has 0 unspecified atom stereocenters. The molecule has 5 rings (SSSR count). The van der Waals surface area contributed by atoms with Gasteiger partial charge in [0, 0.05) is 58.0 Å². The van der Waals surface area contributed by atoms with Crippen LogP contribution in [0.5, 0.6) is 0 Å². The number of pyridine rings is 1. The van der Waals surface area contributed by atoms with E-state index >= 15 is 0 Å². The normalized spacial score (nSPS) is 14.7. The lowest BCUT2D eigenvalue weighted by atomic mass is 10.0. The second-order valence-electron chi connectivity index (χ2n) is 13.5. The number of carbonyl (C=O) groups excluding carboxylic acids is 2. The number of hydrogen-bond donors (Lipinski definition) is 0. The molecule has 54 heavy (non-hydrogen) atoms. The number of benzene rings is 3. The van der Waals surface area contributed by atoms with E-state index in [1.807, 2.05) is 59.5 Å². The summed E-state index contributed by atoms with van der Waals surface area (Å²) in [5, 5.41) is 0. The Kier molecular flexibility index (Phi) is 13.7. The van der Waals surface area contributed by atoms with Crippen molar-refractivity contribution in [2.24, 2.45) is 0 Å². The zero-order chi connectivity index (χ0) is 38.7. The third-order valence-electron chi connectivity index (χ3n) is 9.52. The van der Waals surface area contributed by atoms with Crippen LogP contribution >= 0.6 is 0 Å². The smallest absolute Gasteiger partial charge is 0.338 e. The van der Waals surface area contributed by atoms with Gasteiger partial charge in [0.05, 0.1) is 5.56 Å². The van der Waals surface area contributed by atoms with Crippen LogP contribution in [-0.4, -0.2) is 63.7 Å². The molecule has 0 aliphatic carbocycles. The van der Waals surface area contributed by atoms with Crippen LogP contribution in [0.4, 0.5) is 26.3 Å². The van der Waals surface area contributed by atoms with E-state index in [4.69, 9.17) is 0 Å². The van der Waals surface area contributed by atoms with Crippen LogP contribution in [0.3, 0.4) is 0 Å². The zero-order valence-electron chi connectivity index (χ0n) is 30.1. The van der Waals surface area contributed by atoms with Crippen LogP contribution in [0.15, 0.2) is 103 Å². The number of piperazine rings is 1. The molecule has 4 aromatic rings. The minimum Gasteiger partial charge on any atom is -0.338 e. The fourth-order valence-corrected chi connectivity index (χ4v) is 6.42. The highest BCUT2D eigenvalue weighted by Gasteiger charge is 2.35. The molecule has 1 atom stereocenters. The summed E-state index contributed by atoms with van der Waals surface area (Å²) in [6, 6.07) is 23.3. The van der Waals surface area contributed by atoms with Crippen molar-refractivity contribution in [2.45, 2.75) is 70.5 Å². The SMILES string of the molecule is CCCCCc1ccc(CN(C(=O)C=Cc2ccc(C(F)(F)F)cc2)[C@@H](Cc2ccccc2)C(=O)N2CCN(Cc3ccc(C(F)(F)F)nc3)CC2)cc1. The molecule has 0 radical (unpaired) electrons. The quantitative estimate of drug-likeness (QED) is 0.0735. The molecule has 0 spiro atoms. The van der Waals surface area contributed by atoms with Gasteiger partial charge in [0.1, 0.15) is 11.7 Å². The minimum atomic E-state index is -4.52. The van der Waals surface area contributed by atoms with Gasteiger partial charge in [-0.25, -0.2) is 0 Å². The van der Waals surface area contributed by atoms with Gasteiger partial charge in [0.15, 0.2) is 0 Å². The number of alkyl halides is 6. The van der Waals surface area contributed by atoms with Crippen LogP contribution in [0.1, 0.15) is 65.3 Å². The zero-order valence-corrected chi connectivity index (χ0v) is 30.1. The molecule has 0 saturated carbocycles. The lowest BCUT2D eigenvalue weighted by Crippen LogP contribution is -2.56. The van der Waals surface area contributed by atoms with Crippen molar-refractivity contribution in [3.05, 3.63) is 142 Å². The second kappa shape index (κ2) is 18.4. The maximum Gasteiger partial charge on any atom is 0.433 e. The minimum absolute atomic E-state index is 0.121. The summed E-state index contributed by atoms with van der Waals surface area (Å²) in [6.45, 7) is 4.25. The van der Waals surface area contributed by atoms with Crippen molar-refractivity contribution >= 4 is 17.9 Å². The summed E-state index contributed by atoms with van der Waals surface area (Å²) in [6.07, 6.45) is -0.588. The molecule has 0 N–H and O–H groups in total. The maximum absolute atomic E-state index is 14.5. The van der Waals surface area contributed by atoms with Crippen LogP contribution in [-0.2, 0) is 47.9 Å². The highest BCUT2D eigenvalue weighted by molar-refractivity contribution is 5.95. The van der Waals surface area contributed by atoms with E-state index in [-0.39, 0.29) is 18.9 Å². The van der Waals surface area contributed by atoms with Gasteiger partial charge in [-0.2, -0.15) is 26.3 Å². The molecule has 1 aromatic heterocycles. The first-order valence-electron chi connectivity index (χ1n) is 18.1. The Bertz CT molecular complexity index is 1820. The molecule has 6 nitrogen and oxygen atoms in total. The van der Waals surface area contributed by atoms with Crippen molar-refractivity contribution in [1.82, 2.24) is 19.7 Å². The number of aryl methyl sites for hydroxylation is 1. The monoisotopic (exact) mass is 750 g/mol. The fourth-order valence-electron chi connectivity index (χ4n) is 6.42. The van der Waals surface area contributed by atoms with E-state index in [0.717, 1.165) is 55.0 Å². The van der Waals surface area contributed by atoms with Crippen molar-refractivity contribution in [3.63, 3.8) is 0 Å². The third-order valence-corrected chi connectivity index (χ3v) is 9.52. The molecule has 1 fully saturated rings. The van der Waals surface area contributed by atoms with Gasteiger partial charge in [0.2, 0.25) is 11.8 Å². The number of unbranched alkanes of at least 4 members (excludes halogenated alkanes) is 2. The summed E-state index contributed by atoms with van der Waals surface area (Å²) in [7, 11) is 0. The van der Waals surface area contributed by atoms with Crippen LogP contribution in [0, 0.1) is 0 Å². The van der Waals surface area contributed by atoms with Gasteiger partial charge in [0.25, 0.3) is 0 Å². The summed E-state index contributed by atoms with van der Waals surface area (Å²) >= 11 is 0. The second-order valence-corrected chi connectivity index (χ2v) is 13.5. The molecular formula is C42H44F6N4O2. The van der Waals surface area contributed by atoms with Crippen molar-refractivity contribution in [1.29, 1.82) is 0 Å². The van der Waals surface area contributed by atoms with E-state index in [1.54, 1.807) is 4.90 Å². The summed E-state index contributed by atoms with van der Waals surface area (Å²) in [5.41, 5.74) is 2.12. The fraction of sp³-hybridized carbons (Fsp3) is 0.357. The predicted octanol–water partition coefficient (Wildman–Crippen LogP) is 8.85. The lowest BCUT2D eigenvalue weighted by Gasteiger charge is -2.39. The molecular weight excluding hydrogens is 706 g/mol. The van der Waals surface area contributed by atoms with Gasteiger partial charge in [-0.1, -0.05) is 92.6 Å². The summed E-state index contributed by atoms with van der Waals surface area (Å²) < 4.78 is 78.5. The Morgan fingerprint density at radius 3 is 2.00 bits per heavy atom. The highest BCUT2D eigenvalue weighted by atomic mass is 19.4. The Hall–Kier alpha value is -4.97. The molecule has 2 amide bonds. The number of nitrogens with zero attached hydrogens (tertiary/aromatic N) is 4. The highest BCUT2D eigenvalue weighted by Crippen LogP contribution is 2.30. The van der Waals surface area contributed by atoms with E-state index in [1.165, 1.54) is 47.0 Å². The third kappa shape index (κ3) is 11.5. The van der Waals surface area contributed by atoms with E-state index < -0.39 is 35.6 Å². The largest absolute Gasteiger partial charge is 0.433 e. The van der Waals surface area contributed by atoms with Gasteiger partial charge >= 0.3 is 12.4 Å². The lowest BCUT2D eigenvalue weighted by molar-refractivity contribution is -0.145. The first kappa shape index (κ1) is 40.2. The first-order valence-corrected chi connectivity index (χ1v) is 18.1. The average molecular weight is 751 g/mol. The standard InChI is InChI=1S/C42H44F6N4O2/c1-2-3-5-8-31-11-13-34(14-12-31)30-52(39(53)22-18-32-15-19-36(20-16-32)41(43,44)45)37(27-33-9-6-4-7-10-33)40(54)51-25-23-50(24-26-51)29-35-17-21-38(49-28-35)42(46,47)48/h4,6-7,9-22,28,37H,2-3,5,8,23-27,29-30H2,1H3/t37-/m0/s1. The molecule has 3 aromatic carbocycles. The molecule has 12 heteroatoms. The number of hydrogen-bond acceptors (Lipinski definition) is 4. The van der Waals surface area contributed by atoms with Gasteiger partial charge < -0.3 is 9.80 Å². The Labute approximate surface area is 312 Å². The molecule has 1 saturated heterocycles. The topological polar surface area (TPSA) is 56.8 Å². The number of halogens is 6. The van der Waals surface area contributed by atoms with Gasteiger partial charge in [-0.05, 0) is 64.9 Å². The summed E-state index contributed by atoms with van der Waals surface area (Å²) in [5.74, 6) is -0.716. The number of amides is 2. The average Bonchev–Trinajstić information content (AvgIpc) is 3.16. The Morgan fingerprint density at radius 1 is 0.759 bits per heavy atom. The maximum atomic E-state index is 14.5. The van der Waals surface area contributed by atoms with E-state index in [9.17, 15) is 35.9 Å². The van der Waals surface area contributed by atoms with Crippen LogP contribution < -0.4 is 0 Å². The van der Waals surface area contributed by atoms with E-state index in [0.29, 0.717) is 43.9 Å². The number of rotatable bonds is 14. The molecule has 1 aliphatic rings. The Morgan fingerprint density at radius 2 is 1.41 bits per heavy atom. The van der Waals surface area contributed by atoms with Crippen molar-refractivity contribution in [2.75, 3.05) is 26.2 Å². The van der Waals surface area contributed by atoms with Gasteiger partial charge in [-0.3, -0.25) is 19.5 Å². The first-order chi connectivity index (χ1) is 25.8. The predicted molar refractivity (Wildman–Crippen MR) is 196 cm³/mol. The molecule has 0 bridgehead atoms. The van der Waals surface area contributed by atoms with Crippen LogP contribution in [0.25, 0.3) is 6.08 Å². The van der Waals surface area contributed by atoms with Gasteiger partial charge in [-0.15, -0.1) is 0 Å². The number of aromatic nitrogens is 1.